The minimum atomic E-state index is -0.681. The van der Waals surface area contributed by atoms with E-state index in [1.165, 1.54) is 6.92 Å². The SMILES string of the molecule is C/C=C\C.CC.CCC(=CCOCCOCCOCCOCC=C1COC(=O)O1)OC(C)=O. The van der Waals surface area contributed by atoms with E-state index < -0.39 is 6.16 Å². The zero-order chi connectivity index (χ0) is 25.2. The first-order chi connectivity index (χ1) is 16.0. The molecule has 1 fully saturated rings. The number of esters is 1. The van der Waals surface area contributed by atoms with Gasteiger partial charge in [0, 0.05) is 13.3 Å². The van der Waals surface area contributed by atoms with Crippen LogP contribution in [0.25, 0.3) is 0 Å². The second kappa shape index (κ2) is 26.1. The summed E-state index contributed by atoms with van der Waals surface area (Å²) in [5.74, 6) is 0.736. The van der Waals surface area contributed by atoms with Crippen LogP contribution in [0.15, 0.2) is 35.8 Å². The van der Waals surface area contributed by atoms with Crippen LogP contribution in [0.2, 0.25) is 0 Å². The first-order valence-electron chi connectivity index (χ1n) is 11.3. The average molecular weight is 475 g/mol. The molecule has 0 unspecified atom stereocenters. The molecule has 1 rings (SSSR count). The van der Waals surface area contributed by atoms with Crippen LogP contribution < -0.4 is 0 Å². The summed E-state index contributed by atoms with van der Waals surface area (Å²) in [5.41, 5.74) is 0. The number of cyclic esters (lactones) is 2. The summed E-state index contributed by atoms with van der Waals surface area (Å²) in [6.45, 7) is 14.8. The van der Waals surface area contributed by atoms with Gasteiger partial charge in [0.25, 0.3) is 0 Å². The summed E-state index contributed by atoms with van der Waals surface area (Å²) in [6.07, 6.45) is 7.35. The van der Waals surface area contributed by atoms with Crippen LogP contribution in [0, 0.1) is 0 Å². The summed E-state index contributed by atoms with van der Waals surface area (Å²) >= 11 is 0. The maximum atomic E-state index is 10.8. The van der Waals surface area contributed by atoms with Crippen molar-refractivity contribution in [2.75, 3.05) is 59.5 Å². The van der Waals surface area contributed by atoms with E-state index in [1.54, 1.807) is 12.2 Å². The Morgan fingerprint density at radius 3 is 1.85 bits per heavy atom. The Balaban J connectivity index is 0. The fourth-order valence-corrected chi connectivity index (χ4v) is 1.87. The zero-order valence-corrected chi connectivity index (χ0v) is 21.1. The third-order valence-corrected chi connectivity index (χ3v) is 3.48. The molecule has 0 aliphatic carbocycles. The molecule has 33 heavy (non-hydrogen) atoms. The summed E-state index contributed by atoms with van der Waals surface area (Å²) in [4.78, 5) is 21.5. The number of allylic oxidation sites excluding steroid dienone is 3. The molecule has 1 saturated heterocycles. The van der Waals surface area contributed by atoms with Crippen LogP contribution in [-0.2, 0) is 38.0 Å². The van der Waals surface area contributed by atoms with Crippen molar-refractivity contribution in [1.82, 2.24) is 0 Å². The fraction of sp³-hybridized carbons (Fsp3) is 0.667. The molecule has 0 radical (unpaired) electrons. The largest absolute Gasteiger partial charge is 0.514 e. The standard InChI is InChI=1S/C18H28O9.C4H8.C2H6/c1-3-16(26-15(2)19)4-6-21-8-10-23-12-13-24-11-9-22-7-5-17-14-25-18(20)27-17;1-3-4-2;1-2/h4-5H,3,6-14H2,1-2H3;3-4H,1-2H3;1-2H3/b;4-3-;. The molecule has 0 aromatic rings. The van der Waals surface area contributed by atoms with Gasteiger partial charge >= 0.3 is 12.1 Å². The highest BCUT2D eigenvalue weighted by Crippen LogP contribution is 2.09. The molecule has 0 aromatic carbocycles. The van der Waals surface area contributed by atoms with Gasteiger partial charge in [-0.05, 0) is 26.0 Å². The lowest BCUT2D eigenvalue weighted by molar-refractivity contribution is -0.137. The quantitative estimate of drug-likeness (QED) is 0.146. The second-order valence-corrected chi connectivity index (χ2v) is 5.97. The normalized spacial score (nSPS) is 14.2. The molecule has 0 amide bonds. The molecule has 0 saturated carbocycles. The third-order valence-electron chi connectivity index (χ3n) is 3.48. The van der Waals surface area contributed by atoms with Crippen LogP contribution in [-0.4, -0.2) is 71.6 Å². The zero-order valence-electron chi connectivity index (χ0n) is 21.1. The molecule has 0 aromatic heterocycles. The van der Waals surface area contributed by atoms with Gasteiger partial charge in [0.15, 0.2) is 6.61 Å². The third kappa shape index (κ3) is 24.3. The molecule has 192 valence electrons. The van der Waals surface area contributed by atoms with Crippen molar-refractivity contribution in [2.24, 2.45) is 0 Å². The van der Waals surface area contributed by atoms with Gasteiger partial charge in [-0.25, -0.2) is 4.79 Å². The highest BCUT2D eigenvalue weighted by molar-refractivity contribution is 5.67. The van der Waals surface area contributed by atoms with Gasteiger partial charge in [0.05, 0.1) is 52.9 Å². The van der Waals surface area contributed by atoms with E-state index >= 15 is 0 Å². The topological polar surface area (TPSA) is 98.8 Å². The van der Waals surface area contributed by atoms with Crippen molar-refractivity contribution >= 4 is 12.1 Å². The second-order valence-electron chi connectivity index (χ2n) is 5.97. The number of hydrogen-bond donors (Lipinski definition) is 0. The molecule has 9 nitrogen and oxygen atoms in total. The minimum Gasteiger partial charge on any atom is -0.432 e. The van der Waals surface area contributed by atoms with E-state index in [-0.39, 0.29) is 12.6 Å². The maximum absolute atomic E-state index is 10.8. The molecule has 0 bridgehead atoms. The van der Waals surface area contributed by atoms with Crippen molar-refractivity contribution in [2.45, 2.75) is 48.0 Å². The van der Waals surface area contributed by atoms with Gasteiger partial charge in [0.2, 0.25) is 0 Å². The highest BCUT2D eigenvalue weighted by Gasteiger charge is 2.17. The smallest absolute Gasteiger partial charge is 0.432 e. The summed E-state index contributed by atoms with van der Waals surface area (Å²) in [7, 11) is 0. The number of ether oxygens (including phenoxy) is 7. The van der Waals surface area contributed by atoms with Gasteiger partial charge in [-0.1, -0.05) is 32.9 Å². The Labute approximate surface area is 198 Å². The lowest BCUT2D eigenvalue weighted by Gasteiger charge is -2.07. The molecule has 1 aliphatic heterocycles. The van der Waals surface area contributed by atoms with Crippen LogP contribution >= 0.6 is 0 Å². The van der Waals surface area contributed by atoms with Gasteiger partial charge in [0.1, 0.15) is 11.5 Å². The molecule has 9 heteroatoms. The van der Waals surface area contributed by atoms with Crippen molar-refractivity contribution in [3.05, 3.63) is 35.8 Å². The summed E-state index contributed by atoms with van der Waals surface area (Å²) in [6, 6.07) is 0. The molecular weight excluding hydrogens is 432 g/mol. The molecule has 0 atom stereocenters. The molecule has 0 N–H and O–H groups in total. The number of carbonyl (C=O) groups is 2. The van der Waals surface area contributed by atoms with E-state index in [0.29, 0.717) is 70.8 Å². The lowest BCUT2D eigenvalue weighted by Crippen LogP contribution is -2.12. The number of hydrogen-bond acceptors (Lipinski definition) is 9. The Kier molecular flexibility index (Phi) is 26.0. The Hall–Kier alpha value is -2.20. The maximum Gasteiger partial charge on any atom is 0.514 e. The number of rotatable bonds is 15. The minimum absolute atomic E-state index is 0.155. The van der Waals surface area contributed by atoms with E-state index in [2.05, 4.69) is 4.74 Å². The van der Waals surface area contributed by atoms with Crippen LogP contribution in [0.3, 0.4) is 0 Å². The van der Waals surface area contributed by atoms with Crippen LogP contribution in [0.4, 0.5) is 4.79 Å². The van der Waals surface area contributed by atoms with Gasteiger partial charge in [-0.3, -0.25) is 4.79 Å². The Morgan fingerprint density at radius 1 is 0.909 bits per heavy atom. The van der Waals surface area contributed by atoms with E-state index in [0.717, 1.165) is 0 Å². The lowest BCUT2D eigenvalue weighted by atomic mass is 10.3. The van der Waals surface area contributed by atoms with E-state index in [1.807, 2.05) is 46.8 Å². The summed E-state index contributed by atoms with van der Waals surface area (Å²) < 4.78 is 35.7. The van der Waals surface area contributed by atoms with Gasteiger partial charge < -0.3 is 33.2 Å². The molecule has 1 heterocycles. The van der Waals surface area contributed by atoms with Crippen molar-refractivity contribution in [3.8, 4) is 0 Å². The first kappa shape index (κ1) is 33.0. The Bertz CT molecular complexity index is 564. The predicted octanol–water partition coefficient (Wildman–Crippen LogP) is 4.57. The Morgan fingerprint density at radius 2 is 1.42 bits per heavy atom. The number of carbonyl (C=O) groups excluding carboxylic acids is 2. The molecule has 1 aliphatic rings. The van der Waals surface area contributed by atoms with Crippen molar-refractivity contribution < 1.29 is 42.7 Å². The first-order valence-corrected chi connectivity index (χ1v) is 11.3. The van der Waals surface area contributed by atoms with Crippen LogP contribution in [0.1, 0.15) is 48.0 Å². The van der Waals surface area contributed by atoms with Crippen molar-refractivity contribution in [1.29, 1.82) is 0 Å². The highest BCUT2D eigenvalue weighted by atomic mass is 16.8. The fourth-order valence-electron chi connectivity index (χ4n) is 1.87. The van der Waals surface area contributed by atoms with Gasteiger partial charge in [-0.2, -0.15) is 0 Å². The van der Waals surface area contributed by atoms with E-state index in [9.17, 15) is 9.59 Å². The molecular formula is C24H42O9. The van der Waals surface area contributed by atoms with Crippen molar-refractivity contribution in [3.63, 3.8) is 0 Å². The van der Waals surface area contributed by atoms with Gasteiger partial charge in [-0.15, -0.1) is 0 Å². The molecule has 0 spiro atoms. The average Bonchev–Trinajstić information content (AvgIpc) is 3.24. The van der Waals surface area contributed by atoms with E-state index in [4.69, 9.17) is 28.4 Å². The monoisotopic (exact) mass is 474 g/mol. The predicted molar refractivity (Wildman–Crippen MR) is 126 cm³/mol. The summed E-state index contributed by atoms with van der Waals surface area (Å²) in [5, 5.41) is 0. The van der Waals surface area contributed by atoms with Crippen LogP contribution in [0.5, 0.6) is 0 Å².